The zero-order valence-electron chi connectivity index (χ0n) is 15.6. The quantitative estimate of drug-likeness (QED) is 0.563. The second-order valence-corrected chi connectivity index (χ2v) is 8.34. The molecule has 1 heterocycles. The molecule has 0 bridgehead atoms. The summed E-state index contributed by atoms with van der Waals surface area (Å²) in [4.78, 5) is 12.1. The molecule has 150 valence electrons. The van der Waals surface area contributed by atoms with Gasteiger partial charge in [-0.3, -0.25) is 4.79 Å². The van der Waals surface area contributed by atoms with Crippen molar-refractivity contribution in [2.75, 3.05) is 10.0 Å². The first-order valence-electron chi connectivity index (χ1n) is 8.55. The molecule has 0 fully saturated rings. The average Bonchev–Trinajstić information content (AvgIpc) is 2.99. The van der Waals surface area contributed by atoms with Crippen LogP contribution >= 0.6 is 11.6 Å². The number of carbonyl (C=O) groups is 1. The summed E-state index contributed by atoms with van der Waals surface area (Å²) in [5, 5.41) is 7.01. The summed E-state index contributed by atoms with van der Waals surface area (Å²) in [7, 11) is -3.84. The molecule has 1 aromatic heterocycles. The molecule has 0 atom stereocenters. The van der Waals surface area contributed by atoms with Gasteiger partial charge in [0.05, 0.1) is 10.6 Å². The maximum absolute atomic E-state index is 12.5. The van der Waals surface area contributed by atoms with Crippen LogP contribution in [0.25, 0.3) is 6.08 Å². The minimum absolute atomic E-state index is 0.0284. The standard InChI is InChI=1S/C20H18ClN3O4S/c1-13-14(2)23-28-20(13)24-29(26,27)18-10-8-17(9-11-18)22-19(25)12-5-15-3-6-16(21)7-4-15/h3-12,24H,1-2H3,(H,22,25)/b12-5+. The Labute approximate surface area is 173 Å². The molecule has 0 aliphatic heterocycles. The van der Waals surface area contributed by atoms with Crippen LogP contribution < -0.4 is 10.0 Å². The number of carbonyl (C=O) groups excluding carboxylic acids is 1. The van der Waals surface area contributed by atoms with Crippen molar-refractivity contribution >= 4 is 45.2 Å². The van der Waals surface area contributed by atoms with Crippen molar-refractivity contribution in [1.82, 2.24) is 5.16 Å². The molecule has 0 aliphatic carbocycles. The molecular formula is C20H18ClN3O4S. The summed E-state index contributed by atoms with van der Waals surface area (Å²) >= 11 is 5.82. The zero-order valence-corrected chi connectivity index (χ0v) is 17.2. The van der Waals surface area contributed by atoms with E-state index in [1.807, 2.05) is 0 Å². The number of amides is 1. The van der Waals surface area contributed by atoms with Crippen molar-refractivity contribution in [3.63, 3.8) is 0 Å². The van der Waals surface area contributed by atoms with Gasteiger partial charge in [-0.15, -0.1) is 0 Å². The fourth-order valence-electron chi connectivity index (χ4n) is 2.34. The van der Waals surface area contributed by atoms with Crippen molar-refractivity contribution in [3.8, 4) is 0 Å². The molecule has 2 aromatic carbocycles. The van der Waals surface area contributed by atoms with E-state index in [-0.39, 0.29) is 16.7 Å². The van der Waals surface area contributed by atoms with Crippen molar-refractivity contribution in [2.45, 2.75) is 18.7 Å². The monoisotopic (exact) mass is 431 g/mol. The number of nitrogens with zero attached hydrogens (tertiary/aromatic N) is 1. The topological polar surface area (TPSA) is 101 Å². The number of aryl methyl sites for hydroxylation is 1. The first-order chi connectivity index (χ1) is 13.7. The van der Waals surface area contributed by atoms with Crippen LogP contribution in [-0.2, 0) is 14.8 Å². The Bertz CT molecular complexity index is 1150. The van der Waals surface area contributed by atoms with Gasteiger partial charge in [-0.05, 0) is 61.9 Å². The minimum Gasteiger partial charge on any atom is -0.337 e. The predicted octanol–water partition coefficient (Wildman–Crippen LogP) is 4.40. The smallest absolute Gasteiger partial charge is 0.264 e. The van der Waals surface area contributed by atoms with Gasteiger partial charge in [0.15, 0.2) is 0 Å². The van der Waals surface area contributed by atoms with Crippen LogP contribution in [0.3, 0.4) is 0 Å². The molecule has 29 heavy (non-hydrogen) atoms. The molecule has 0 saturated carbocycles. The highest BCUT2D eigenvalue weighted by Crippen LogP contribution is 2.22. The first kappa shape index (κ1) is 20.6. The van der Waals surface area contributed by atoms with Gasteiger partial charge in [-0.1, -0.05) is 28.9 Å². The number of halogens is 1. The van der Waals surface area contributed by atoms with Crippen molar-refractivity contribution in [2.24, 2.45) is 0 Å². The van der Waals surface area contributed by atoms with Crippen LogP contribution in [0.2, 0.25) is 5.02 Å². The second kappa shape index (κ2) is 8.50. The van der Waals surface area contributed by atoms with E-state index in [4.69, 9.17) is 16.1 Å². The molecule has 0 aliphatic rings. The Hall–Kier alpha value is -3.10. The van der Waals surface area contributed by atoms with Gasteiger partial charge in [0.1, 0.15) is 0 Å². The molecule has 7 nitrogen and oxygen atoms in total. The Morgan fingerprint density at radius 2 is 1.72 bits per heavy atom. The normalized spacial score (nSPS) is 11.6. The van der Waals surface area contributed by atoms with Gasteiger partial charge < -0.3 is 9.84 Å². The van der Waals surface area contributed by atoms with Crippen molar-refractivity contribution in [1.29, 1.82) is 0 Å². The van der Waals surface area contributed by atoms with Crippen LogP contribution in [0.15, 0.2) is 64.0 Å². The highest BCUT2D eigenvalue weighted by molar-refractivity contribution is 7.92. The van der Waals surface area contributed by atoms with Crippen LogP contribution in [0.5, 0.6) is 0 Å². The lowest BCUT2D eigenvalue weighted by Gasteiger charge is -2.07. The molecule has 0 saturated heterocycles. The average molecular weight is 432 g/mol. The fourth-order valence-corrected chi connectivity index (χ4v) is 3.51. The van der Waals surface area contributed by atoms with Gasteiger partial charge in [-0.2, -0.15) is 0 Å². The van der Waals surface area contributed by atoms with Crippen molar-refractivity contribution < 1.29 is 17.7 Å². The van der Waals surface area contributed by atoms with Gasteiger partial charge in [0.25, 0.3) is 10.0 Å². The third-order valence-electron chi connectivity index (χ3n) is 4.11. The molecule has 9 heteroatoms. The van der Waals surface area contributed by atoms with Crippen LogP contribution in [0.4, 0.5) is 11.6 Å². The second-order valence-electron chi connectivity index (χ2n) is 6.23. The van der Waals surface area contributed by atoms with Crippen LogP contribution in [0.1, 0.15) is 16.8 Å². The van der Waals surface area contributed by atoms with Gasteiger partial charge in [0, 0.05) is 22.3 Å². The van der Waals surface area contributed by atoms with Gasteiger partial charge >= 0.3 is 0 Å². The maximum atomic E-state index is 12.5. The molecule has 3 rings (SSSR count). The van der Waals surface area contributed by atoms with E-state index in [9.17, 15) is 13.2 Å². The fraction of sp³-hybridized carbons (Fsp3) is 0.100. The zero-order chi connectivity index (χ0) is 21.0. The van der Waals surface area contributed by atoms with E-state index in [1.54, 1.807) is 44.2 Å². The molecule has 0 unspecified atom stereocenters. The highest BCUT2D eigenvalue weighted by atomic mass is 35.5. The molecular weight excluding hydrogens is 414 g/mol. The summed E-state index contributed by atoms with van der Waals surface area (Å²) in [6.07, 6.45) is 3.03. The lowest BCUT2D eigenvalue weighted by molar-refractivity contribution is -0.111. The number of hydrogen-bond acceptors (Lipinski definition) is 5. The Morgan fingerprint density at radius 3 is 2.31 bits per heavy atom. The minimum atomic E-state index is -3.84. The number of benzene rings is 2. The SMILES string of the molecule is Cc1noc(NS(=O)(=O)c2ccc(NC(=O)/C=C/c3ccc(Cl)cc3)cc2)c1C. The van der Waals surface area contributed by atoms with E-state index >= 15 is 0 Å². The van der Waals surface area contributed by atoms with Gasteiger partial charge in [-0.25, -0.2) is 13.1 Å². The summed E-state index contributed by atoms with van der Waals surface area (Å²) in [6.45, 7) is 3.43. The molecule has 1 amide bonds. The van der Waals surface area contributed by atoms with E-state index in [0.29, 0.717) is 22.0 Å². The lowest BCUT2D eigenvalue weighted by atomic mass is 10.2. The molecule has 0 spiro atoms. The Morgan fingerprint density at radius 1 is 1.07 bits per heavy atom. The largest absolute Gasteiger partial charge is 0.337 e. The van der Waals surface area contributed by atoms with E-state index in [2.05, 4.69) is 15.2 Å². The number of rotatable bonds is 6. The number of nitrogens with one attached hydrogen (secondary N) is 2. The summed E-state index contributed by atoms with van der Waals surface area (Å²) in [5.41, 5.74) is 2.51. The Kier molecular flexibility index (Phi) is 6.05. The summed E-state index contributed by atoms with van der Waals surface area (Å²) < 4.78 is 32.3. The van der Waals surface area contributed by atoms with Crippen molar-refractivity contribution in [3.05, 3.63) is 76.5 Å². The third-order valence-corrected chi connectivity index (χ3v) is 5.71. The van der Waals surface area contributed by atoms with Crippen LogP contribution in [0, 0.1) is 13.8 Å². The summed E-state index contributed by atoms with van der Waals surface area (Å²) in [5.74, 6) is -0.270. The molecule has 3 aromatic rings. The van der Waals surface area contributed by atoms with E-state index in [0.717, 1.165) is 5.56 Å². The highest BCUT2D eigenvalue weighted by Gasteiger charge is 2.19. The number of anilines is 2. The molecule has 0 radical (unpaired) electrons. The molecule has 2 N–H and O–H groups in total. The summed E-state index contributed by atoms with van der Waals surface area (Å²) in [6, 6.07) is 12.8. The number of hydrogen-bond donors (Lipinski definition) is 2. The van der Waals surface area contributed by atoms with Gasteiger partial charge in [0.2, 0.25) is 11.8 Å². The predicted molar refractivity (Wildman–Crippen MR) is 112 cm³/mol. The van der Waals surface area contributed by atoms with Crippen LogP contribution in [-0.4, -0.2) is 19.5 Å². The number of sulfonamides is 1. The lowest BCUT2D eigenvalue weighted by Crippen LogP contribution is -2.13. The van der Waals surface area contributed by atoms with E-state index < -0.39 is 10.0 Å². The first-order valence-corrected chi connectivity index (χ1v) is 10.4. The van der Waals surface area contributed by atoms with E-state index in [1.165, 1.54) is 30.3 Å². The Balaban J connectivity index is 1.65. The number of aromatic nitrogens is 1. The maximum Gasteiger partial charge on any atom is 0.264 e. The third kappa shape index (κ3) is 5.24.